The molecule has 1 saturated heterocycles. The van der Waals surface area contributed by atoms with Gasteiger partial charge in [-0.15, -0.1) is 0 Å². The summed E-state index contributed by atoms with van der Waals surface area (Å²) in [5.41, 5.74) is 2.15. The average molecular weight is 339 g/mol. The minimum absolute atomic E-state index is 0.211. The van der Waals surface area contributed by atoms with Crippen LogP contribution in [-0.4, -0.2) is 50.6 Å². The normalized spacial score (nSPS) is 14.3. The maximum atomic E-state index is 12.4. The van der Waals surface area contributed by atoms with Gasteiger partial charge in [-0.1, -0.05) is 30.3 Å². The number of benzene rings is 2. The number of ether oxygens (including phenoxy) is 1. The predicted molar refractivity (Wildman–Crippen MR) is 101 cm³/mol. The molecule has 0 bridgehead atoms. The van der Waals surface area contributed by atoms with E-state index in [2.05, 4.69) is 16.3 Å². The minimum atomic E-state index is 0.211. The van der Waals surface area contributed by atoms with Crippen molar-refractivity contribution in [3.05, 3.63) is 54.6 Å². The molecule has 5 nitrogen and oxygen atoms in total. The fourth-order valence-corrected chi connectivity index (χ4v) is 3.12. The minimum Gasteiger partial charge on any atom is -0.495 e. The second-order valence-electron chi connectivity index (χ2n) is 6.08. The highest BCUT2D eigenvalue weighted by atomic mass is 16.5. The Morgan fingerprint density at radius 3 is 2.40 bits per heavy atom. The Balaban J connectivity index is 1.46. The molecule has 3 rings (SSSR count). The van der Waals surface area contributed by atoms with E-state index in [-0.39, 0.29) is 5.91 Å². The lowest BCUT2D eigenvalue weighted by Gasteiger charge is -2.36. The molecule has 0 unspecified atom stereocenters. The number of nitrogens with zero attached hydrogens (tertiary/aromatic N) is 2. The molecule has 1 aliphatic heterocycles. The highest BCUT2D eigenvalue weighted by Gasteiger charge is 2.22. The van der Waals surface area contributed by atoms with E-state index in [9.17, 15) is 4.79 Å². The molecule has 132 valence electrons. The molecule has 2 aromatic carbocycles. The second kappa shape index (κ2) is 8.42. The Morgan fingerprint density at radius 1 is 1.00 bits per heavy atom. The van der Waals surface area contributed by atoms with Gasteiger partial charge in [0, 0.05) is 44.8 Å². The molecule has 0 atom stereocenters. The van der Waals surface area contributed by atoms with Crippen LogP contribution in [0.3, 0.4) is 0 Å². The van der Waals surface area contributed by atoms with Crippen LogP contribution in [0.25, 0.3) is 0 Å². The van der Waals surface area contributed by atoms with Crippen molar-refractivity contribution in [2.45, 2.75) is 6.42 Å². The summed E-state index contributed by atoms with van der Waals surface area (Å²) in [6.45, 7) is 3.83. The van der Waals surface area contributed by atoms with Crippen molar-refractivity contribution >= 4 is 17.3 Å². The van der Waals surface area contributed by atoms with E-state index in [1.165, 1.54) is 0 Å². The van der Waals surface area contributed by atoms with Gasteiger partial charge in [0.25, 0.3) is 0 Å². The summed E-state index contributed by atoms with van der Waals surface area (Å²) in [5, 5.41) is 3.29. The molecule has 0 spiro atoms. The summed E-state index contributed by atoms with van der Waals surface area (Å²) in [7, 11) is 1.69. The van der Waals surface area contributed by atoms with Crippen LogP contribution in [0.1, 0.15) is 6.42 Å². The Labute approximate surface area is 149 Å². The lowest BCUT2D eigenvalue weighted by molar-refractivity contribution is -0.131. The Kier molecular flexibility index (Phi) is 5.77. The standard InChI is InChI=1S/C20H25N3O2/c1-25-19-10-6-5-9-18(19)22-13-15-23(16-14-22)20(24)11-12-21-17-7-3-2-4-8-17/h2-10,21H,11-16H2,1H3. The summed E-state index contributed by atoms with van der Waals surface area (Å²) < 4.78 is 5.44. The third-order valence-corrected chi connectivity index (χ3v) is 4.50. The Morgan fingerprint density at radius 2 is 1.68 bits per heavy atom. The molecule has 0 aliphatic carbocycles. The van der Waals surface area contributed by atoms with Crippen molar-refractivity contribution in [2.75, 3.05) is 50.1 Å². The van der Waals surface area contributed by atoms with Gasteiger partial charge in [-0.2, -0.15) is 0 Å². The number of methoxy groups -OCH3 is 1. The van der Waals surface area contributed by atoms with E-state index >= 15 is 0 Å². The predicted octanol–water partition coefficient (Wildman–Crippen LogP) is 2.85. The maximum Gasteiger partial charge on any atom is 0.224 e. The number of carbonyl (C=O) groups is 1. The number of para-hydroxylation sites is 3. The topological polar surface area (TPSA) is 44.8 Å². The van der Waals surface area contributed by atoms with Gasteiger partial charge in [-0.25, -0.2) is 0 Å². The van der Waals surface area contributed by atoms with Crippen molar-refractivity contribution in [2.24, 2.45) is 0 Å². The number of carbonyl (C=O) groups excluding carboxylic acids is 1. The molecule has 0 radical (unpaired) electrons. The molecule has 2 aromatic rings. The van der Waals surface area contributed by atoms with Gasteiger partial charge in [-0.05, 0) is 24.3 Å². The SMILES string of the molecule is COc1ccccc1N1CCN(C(=O)CCNc2ccccc2)CC1. The van der Waals surface area contributed by atoms with Crippen LogP contribution in [0.15, 0.2) is 54.6 Å². The summed E-state index contributed by atoms with van der Waals surface area (Å²) >= 11 is 0. The summed E-state index contributed by atoms with van der Waals surface area (Å²) in [4.78, 5) is 16.6. The largest absolute Gasteiger partial charge is 0.495 e. The van der Waals surface area contributed by atoms with Gasteiger partial charge < -0.3 is 19.9 Å². The van der Waals surface area contributed by atoms with Crippen LogP contribution in [0, 0.1) is 0 Å². The van der Waals surface area contributed by atoms with Crippen molar-refractivity contribution < 1.29 is 9.53 Å². The third kappa shape index (κ3) is 4.44. The number of piperazine rings is 1. The zero-order chi connectivity index (χ0) is 17.5. The van der Waals surface area contributed by atoms with Gasteiger partial charge in [0.05, 0.1) is 12.8 Å². The average Bonchev–Trinajstić information content (AvgIpc) is 2.69. The molecule has 1 N–H and O–H groups in total. The van der Waals surface area contributed by atoms with Crippen LogP contribution in [0.5, 0.6) is 5.75 Å². The number of amides is 1. The van der Waals surface area contributed by atoms with Gasteiger partial charge in [0.1, 0.15) is 5.75 Å². The van der Waals surface area contributed by atoms with E-state index in [1.807, 2.05) is 53.4 Å². The number of hydrogen-bond acceptors (Lipinski definition) is 4. The molecule has 25 heavy (non-hydrogen) atoms. The Bertz CT molecular complexity index is 682. The van der Waals surface area contributed by atoms with E-state index in [0.29, 0.717) is 13.0 Å². The highest BCUT2D eigenvalue weighted by molar-refractivity contribution is 5.77. The molecular weight excluding hydrogens is 314 g/mol. The van der Waals surface area contributed by atoms with Crippen LogP contribution in [0.4, 0.5) is 11.4 Å². The first-order chi connectivity index (χ1) is 12.3. The molecular formula is C20H25N3O2. The van der Waals surface area contributed by atoms with E-state index < -0.39 is 0 Å². The molecule has 0 saturated carbocycles. The fraction of sp³-hybridized carbons (Fsp3) is 0.350. The van der Waals surface area contributed by atoms with Gasteiger partial charge >= 0.3 is 0 Å². The van der Waals surface area contributed by atoms with Gasteiger partial charge in [0.2, 0.25) is 5.91 Å². The monoisotopic (exact) mass is 339 g/mol. The molecule has 5 heteroatoms. The van der Waals surface area contributed by atoms with Crippen molar-refractivity contribution in [1.29, 1.82) is 0 Å². The van der Waals surface area contributed by atoms with Crippen LogP contribution in [-0.2, 0) is 4.79 Å². The molecule has 1 fully saturated rings. The summed E-state index contributed by atoms with van der Waals surface area (Å²) in [6, 6.07) is 18.0. The first-order valence-corrected chi connectivity index (χ1v) is 8.72. The smallest absolute Gasteiger partial charge is 0.224 e. The highest BCUT2D eigenvalue weighted by Crippen LogP contribution is 2.28. The van der Waals surface area contributed by atoms with E-state index in [1.54, 1.807) is 7.11 Å². The van der Waals surface area contributed by atoms with E-state index in [0.717, 1.165) is 43.3 Å². The van der Waals surface area contributed by atoms with Crippen LogP contribution < -0.4 is 15.0 Å². The number of hydrogen-bond donors (Lipinski definition) is 1. The number of nitrogens with one attached hydrogen (secondary N) is 1. The van der Waals surface area contributed by atoms with Gasteiger partial charge in [0.15, 0.2) is 0 Å². The Hall–Kier alpha value is -2.69. The fourth-order valence-electron chi connectivity index (χ4n) is 3.12. The lowest BCUT2D eigenvalue weighted by atomic mass is 10.2. The van der Waals surface area contributed by atoms with Crippen molar-refractivity contribution in [3.8, 4) is 5.75 Å². The zero-order valence-electron chi connectivity index (χ0n) is 14.6. The summed E-state index contributed by atoms with van der Waals surface area (Å²) in [6.07, 6.45) is 0.517. The van der Waals surface area contributed by atoms with Crippen LogP contribution in [0.2, 0.25) is 0 Å². The molecule has 1 aliphatic rings. The third-order valence-electron chi connectivity index (χ3n) is 4.50. The molecule has 1 heterocycles. The quantitative estimate of drug-likeness (QED) is 0.879. The van der Waals surface area contributed by atoms with E-state index in [4.69, 9.17) is 4.74 Å². The number of anilines is 2. The van der Waals surface area contributed by atoms with Gasteiger partial charge in [-0.3, -0.25) is 4.79 Å². The zero-order valence-corrected chi connectivity index (χ0v) is 14.6. The first-order valence-electron chi connectivity index (χ1n) is 8.72. The lowest BCUT2D eigenvalue weighted by Crippen LogP contribution is -2.49. The summed E-state index contributed by atoms with van der Waals surface area (Å²) in [5.74, 6) is 1.09. The number of rotatable bonds is 6. The molecule has 0 aromatic heterocycles. The van der Waals surface area contributed by atoms with Crippen LogP contribution >= 0.6 is 0 Å². The van der Waals surface area contributed by atoms with Crippen molar-refractivity contribution in [1.82, 2.24) is 4.90 Å². The molecule has 1 amide bonds. The second-order valence-corrected chi connectivity index (χ2v) is 6.08. The maximum absolute atomic E-state index is 12.4. The van der Waals surface area contributed by atoms with Crippen molar-refractivity contribution in [3.63, 3.8) is 0 Å². The first kappa shape index (κ1) is 17.1.